The molecule has 0 aromatic carbocycles. The van der Waals surface area contributed by atoms with Crippen molar-refractivity contribution in [1.82, 2.24) is 14.8 Å². The summed E-state index contributed by atoms with van der Waals surface area (Å²) in [5, 5.41) is 7.13. The number of nitrogens with one attached hydrogen (secondary N) is 1. The molecule has 0 saturated heterocycles. The van der Waals surface area contributed by atoms with Gasteiger partial charge in [-0.1, -0.05) is 13.8 Å². The van der Waals surface area contributed by atoms with Crippen molar-refractivity contribution in [2.24, 2.45) is 13.0 Å². The molecule has 0 saturated carbocycles. The van der Waals surface area contributed by atoms with Gasteiger partial charge in [0, 0.05) is 13.6 Å². The molecule has 0 aliphatic rings. The van der Waals surface area contributed by atoms with Gasteiger partial charge >= 0.3 is 0 Å². The summed E-state index contributed by atoms with van der Waals surface area (Å²) in [6, 6.07) is 0. The molecule has 1 aromatic heterocycles. The van der Waals surface area contributed by atoms with Crippen LogP contribution >= 0.6 is 0 Å². The number of aryl methyl sites for hydroxylation is 1. The molecule has 1 heterocycles. The van der Waals surface area contributed by atoms with Crippen molar-refractivity contribution in [1.29, 1.82) is 0 Å². The second-order valence-electron chi connectivity index (χ2n) is 3.19. The van der Waals surface area contributed by atoms with Crippen LogP contribution in [0.5, 0.6) is 0 Å². The molecule has 0 amide bonds. The van der Waals surface area contributed by atoms with Crippen LogP contribution in [0.2, 0.25) is 0 Å². The average Bonchev–Trinajstić information content (AvgIpc) is 2.28. The minimum absolute atomic E-state index is 0.432. The van der Waals surface area contributed by atoms with E-state index in [2.05, 4.69) is 29.2 Å². The number of anilines is 2. The molecule has 1 aromatic rings. The number of nitrogens with zero attached hydrogens (tertiary/aromatic N) is 3. The number of hydrogen-bond donors (Lipinski definition) is 2. The number of nitrogens with two attached hydrogens (primary N) is 1. The standard InChI is InChI=1S/C7H15N5/c1-5(2)4-9-7-10-6(8)12(3)11-7/h5H,4H2,1-3H3,(H3,8,9,10,11). The first-order valence-electron chi connectivity index (χ1n) is 4.00. The molecule has 0 bridgehead atoms. The molecule has 0 fully saturated rings. The van der Waals surface area contributed by atoms with Crippen molar-refractivity contribution in [2.75, 3.05) is 17.6 Å². The first-order valence-corrected chi connectivity index (χ1v) is 4.00. The molecule has 0 spiro atoms. The molecule has 3 N–H and O–H groups in total. The predicted molar refractivity (Wildman–Crippen MR) is 48.7 cm³/mol. The lowest BCUT2D eigenvalue weighted by atomic mass is 10.2. The minimum atomic E-state index is 0.432. The highest BCUT2D eigenvalue weighted by molar-refractivity contribution is 5.30. The second-order valence-corrected chi connectivity index (χ2v) is 3.19. The van der Waals surface area contributed by atoms with Crippen molar-refractivity contribution >= 4 is 11.9 Å². The third-order valence-electron chi connectivity index (χ3n) is 1.47. The monoisotopic (exact) mass is 169 g/mol. The molecule has 0 aliphatic heterocycles. The Kier molecular flexibility index (Phi) is 2.52. The van der Waals surface area contributed by atoms with E-state index in [0.717, 1.165) is 6.54 Å². The summed E-state index contributed by atoms with van der Waals surface area (Å²) in [4.78, 5) is 4.00. The van der Waals surface area contributed by atoms with Crippen LogP contribution in [0.4, 0.5) is 11.9 Å². The lowest BCUT2D eigenvalue weighted by Gasteiger charge is -2.03. The van der Waals surface area contributed by atoms with Gasteiger partial charge in [0.2, 0.25) is 11.9 Å². The summed E-state index contributed by atoms with van der Waals surface area (Å²) in [6.07, 6.45) is 0. The Morgan fingerprint density at radius 3 is 2.67 bits per heavy atom. The van der Waals surface area contributed by atoms with Gasteiger partial charge in [-0.15, -0.1) is 5.10 Å². The maximum absolute atomic E-state index is 5.50. The van der Waals surface area contributed by atoms with Crippen LogP contribution in [0.15, 0.2) is 0 Å². The van der Waals surface area contributed by atoms with Crippen molar-refractivity contribution in [3.8, 4) is 0 Å². The van der Waals surface area contributed by atoms with Crippen LogP contribution in [-0.2, 0) is 7.05 Å². The zero-order chi connectivity index (χ0) is 9.14. The van der Waals surface area contributed by atoms with Gasteiger partial charge < -0.3 is 11.1 Å². The molecular weight excluding hydrogens is 154 g/mol. The summed E-state index contributed by atoms with van der Waals surface area (Å²) in [5.41, 5.74) is 5.50. The fourth-order valence-electron chi connectivity index (χ4n) is 0.767. The smallest absolute Gasteiger partial charge is 0.243 e. The van der Waals surface area contributed by atoms with Gasteiger partial charge in [0.15, 0.2) is 0 Å². The molecule has 5 nitrogen and oxygen atoms in total. The van der Waals surface area contributed by atoms with E-state index in [-0.39, 0.29) is 0 Å². The average molecular weight is 169 g/mol. The molecule has 0 radical (unpaired) electrons. The SMILES string of the molecule is CC(C)CNc1nc(N)n(C)n1. The molecule has 12 heavy (non-hydrogen) atoms. The molecule has 68 valence electrons. The van der Waals surface area contributed by atoms with Crippen LogP contribution < -0.4 is 11.1 Å². The Labute approximate surface area is 72.0 Å². The topological polar surface area (TPSA) is 68.8 Å². The summed E-state index contributed by atoms with van der Waals surface area (Å²) >= 11 is 0. The first-order chi connectivity index (χ1) is 5.59. The van der Waals surface area contributed by atoms with E-state index in [0.29, 0.717) is 17.8 Å². The largest absolute Gasteiger partial charge is 0.368 e. The van der Waals surface area contributed by atoms with Crippen molar-refractivity contribution in [3.63, 3.8) is 0 Å². The van der Waals surface area contributed by atoms with Crippen LogP contribution in [-0.4, -0.2) is 21.3 Å². The van der Waals surface area contributed by atoms with Crippen molar-refractivity contribution < 1.29 is 0 Å². The normalized spacial score (nSPS) is 10.7. The predicted octanol–water partition coefficient (Wildman–Crippen LogP) is 0.465. The number of rotatable bonds is 3. The maximum Gasteiger partial charge on any atom is 0.243 e. The molecule has 0 aliphatic carbocycles. The van der Waals surface area contributed by atoms with Gasteiger partial charge in [-0.2, -0.15) is 4.98 Å². The summed E-state index contributed by atoms with van der Waals surface area (Å²) < 4.78 is 1.54. The molecule has 0 unspecified atom stereocenters. The van der Waals surface area contributed by atoms with Gasteiger partial charge in [-0.25, -0.2) is 4.68 Å². The van der Waals surface area contributed by atoms with E-state index in [9.17, 15) is 0 Å². The summed E-state index contributed by atoms with van der Waals surface area (Å²) in [6.45, 7) is 5.11. The number of hydrogen-bond acceptors (Lipinski definition) is 4. The van der Waals surface area contributed by atoms with E-state index in [1.807, 2.05) is 0 Å². The fourth-order valence-corrected chi connectivity index (χ4v) is 0.767. The number of nitrogen functional groups attached to an aromatic ring is 1. The second kappa shape index (κ2) is 3.42. The van der Waals surface area contributed by atoms with Crippen LogP contribution in [0.3, 0.4) is 0 Å². The van der Waals surface area contributed by atoms with Gasteiger partial charge in [-0.3, -0.25) is 0 Å². The zero-order valence-corrected chi connectivity index (χ0v) is 7.70. The molecule has 0 atom stereocenters. The summed E-state index contributed by atoms with van der Waals surface area (Å²) in [5.74, 6) is 1.61. The highest BCUT2D eigenvalue weighted by Crippen LogP contribution is 2.03. The van der Waals surface area contributed by atoms with E-state index < -0.39 is 0 Å². The Morgan fingerprint density at radius 2 is 2.25 bits per heavy atom. The van der Waals surface area contributed by atoms with Crippen LogP contribution in [0, 0.1) is 5.92 Å². The van der Waals surface area contributed by atoms with Crippen molar-refractivity contribution in [3.05, 3.63) is 0 Å². The van der Waals surface area contributed by atoms with Gasteiger partial charge in [0.25, 0.3) is 0 Å². The molecule has 5 heteroatoms. The quantitative estimate of drug-likeness (QED) is 0.690. The third kappa shape index (κ3) is 2.11. The lowest BCUT2D eigenvalue weighted by Crippen LogP contribution is -2.09. The lowest BCUT2D eigenvalue weighted by molar-refractivity contribution is 0.682. The highest BCUT2D eigenvalue weighted by atomic mass is 15.4. The Bertz CT molecular complexity index is 233. The van der Waals surface area contributed by atoms with E-state index in [1.54, 1.807) is 11.7 Å². The zero-order valence-electron chi connectivity index (χ0n) is 7.70. The number of aromatic nitrogens is 3. The fraction of sp³-hybridized carbons (Fsp3) is 0.714. The highest BCUT2D eigenvalue weighted by Gasteiger charge is 2.02. The van der Waals surface area contributed by atoms with E-state index in [4.69, 9.17) is 5.73 Å². The summed E-state index contributed by atoms with van der Waals surface area (Å²) in [7, 11) is 1.77. The van der Waals surface area contributed by atoms with E-state index in [1.165, 1.54) is 0 Å². The van der Waals surface area contributed by atoms with E-state index >= 15 is 0 Å². The third-order valence-corrected chi connectivity index (χ3v) is 1.47. The minimum Gasteiger partial charge on any atom is -0.368 e. The van der Waals surface area contributed by atoms with Crippen molar-refractivity contribution in [2.45, 2.75) is 13.8 Å². The van der Waals surface area contributed by atoms with Crippen LogP contribution in [0.25, 0.3) is 0 Å². The van der Waals surface area contributed by atoms with Gasteiger partial charge in [0.1, 0.15) is 0 Å². The Balaban J connectivity index is 2.53. The van der Waals surface area contributed by atoms with Crippen LogP contribution in [0.1, 0.15) is 13.8 Å². The van der Waals surface area contributed by atoms with Gasteiger partial charge in [-0.05, 0) is 5.92 Å². The Hall–Kier alpha value is -1.26. The molecule has 1 rings (SSSR count). The maximum atomic E-state index is 5.50. The first kappa shape index (κ1) is 8.83. The van der Waals surface area contributed by atoms with Gasteiger partial charge in [0.05, 0.1) is 0 Å². The Morgan fingerprint density at radius 1 is 1.58 bits per heavy atom. The molecular formula is C7H15N5.